The molecule has 0 fully saturated rings. The number of carbonyl (C=O) groups is 2. The predicted molar refractivity (Wildman–Crippen MR) is 102 cm³/mol. The predicted octanol–water partition coefficient (Wildman–Crippen LogP) is 2.50. The number of hydrogen-bond donors (Lipinski definition) is 1. The van der Waals surface area contributed by atoms with Crippen LogP contribution in [0, 0.1) is 0 Å². The highest BCUT2D eigenvalue weighted by molar-refractivity contribution is 5.99. The number of ether oxygens (including phenoxy) is 1. The summed E-state index contributed by atoms with van der Waals surface area (Å²) in [6.45, 7) is -1.14. The summed E-state index contributed by atoms with van der Waals surface area (Å²) in [5, 5.41) is 0. The maximum atomic E-state index is 12.5. The molecule has 3 rings (SSSR count). The first kappa shape index (κ1) is 20.4. The van der Waals surface area contributed by atoms with Gasteiger partial charge in [0, 0.05) is 13.5 Å². The van der Waals surface area contributed by atoms with Crippen molar-refractivity contribution in [2.24, 2.45) is 10.7 Å². The molecular formula is C20H20F2N4O3. The van der Waals surface area contributed by atoms with E-state index < -0.39 is 12.2 Å². The fourth-order valence-electron chi connectivity index (χ4n) is 3.08. The normalized spacial score (nSPS) is 19.3. The SMILES string of the molecule is CN1C(=O)CC(C)(c2cccc(CC(=O)c3ccc(OC(F)F)cn3)c2)N=C1N. The molecule has 0 spiro atoms. The van der Waals surface area contributed by atoms with Gasteiger partial charge in [-0.25, -0.2) is 9.98 Å². The van der Waals surface area contributed by atoms with Gasteiger partial charge in [-0.1, -0.05) is 24.3 Å². The van der Waals surface area contributed by atoms with Gasteiger partial charge in [0.2, 0.25) is 5.91 Å². The van der Waals surface area contributed by atoms with E-state index >= 15 is 0 Å². The average Bonchev–Trinajstić information content (AvgIpc) is 2.66. The molecule has 0 bridgehead atoms. The first-order chi connectivity index (χ1) is 13.7. The monoisotopic (exact) mass is 402 g/mol. The first-order valence-electron chi connectivity index (χ1n) is 8.83. The third-order valence-corrected chi connectivity index (χ3v) is 4.74. The second kappa shape index (κ2) is 7.94. The lowest BCUT2D eigenvalue weighted by Crippen LogP contribution is -2.47. The third kappa shape index (κ3) is 4.56. The van der Waals surface area contributed by atoms with E-state index in [-0.39, 0.29) is 41.9 Å². The molecule has 1 aliphatic rings. The number of Topliss-reactive ketones (excluding diaryl/α,β-unsaturated/α-hetero) is 1. The number of alkyl halides is 2. The summed E-state index contributed by atoms with van der Waals surface area (Å²) in [6.07, 6.45) is 1.30. The summed E-state index contributed by atoms with van der Waals surface area (Å²) in [7, 11) is 1.57. The molecule has 0 aliphatic carbocycles. The van der Waals surface area contributed by atoms with Crippen LogP contribution in [0.3, 0.4) is 0 Å². The van der Waals surface area contributed by atoms with Crippen molar-refractivity contribution in [3.8, 4) is 5.75 Å². The number of carbonyl (C=O) groups excluding carboxylic acids is 2. The van der Waals surface area contributed by atoms with Gasteiger partial charge in [0.15, 0.2) is 11.7 Å². The molecule has 1 atom stereocenters. The number of halogens is 2. The van der Waals surface area contributed by atoms with Crippen molar-refractivity contribution in [1.29, 1.82) is 0 Å². The Labute approximate surface area is 166 Å². The van der Waals surface area contributed by atoms with E-state index in [9.17, 15) is 18.4 Å². The Morgan fingerprint density at radius 3 is 2.72 bits per heavy atom. The summed E-state index contributed by atoms with van der Waals surface area (Å²) in [4.78, 5) is 34.3. The summed E-state index contributed by atoms with van der Waals surface area (Å²) >= 11 is 0. The Bertz CT molecular complexity index is 962. The van der Waals surface area contributed by atoms with E-state index in [1.807, 2.05) is 19.1 Å². The molecule has 29 heavy (non-hydrogen) atoms. The zero-order valence-corrected chi connectivity index (χ0v) is 15.9. The van der Waals surface area contributed by atoms with Crippen molar-refractivity contribution in [2.45, 2.75) is 31.9 Å². The zero-order chi connectivity index (χ0) is 21.2. The minimum Gasteiger partial charge on any atom is -0.433 e. The number of amides is 1. The van der Waals surface area contributed by atoms with Gasteiger partial charge >= 0.3 is 6.61 Å². The molecule has 2 N–H and O–H groups in total. The van der Waals surface area contributed by atoms with Gasteiger partial charge < -0.3 is 10.5 Å². The van der Waals surface area contributed by atoms with Crippen molar-refractivity contribution >= 4 is 17.6 Å². The molecule has 1 unspecified atom stereocenters. The minimum absolute atomic E-state index is 0.0546. The van der Waals surface area contributed by atoms with E-state index in [4.69, 9.17) is 5.73 Å². The molecule has 0 radical (unpaired) electrons. The number of nitrogens with two attached hydrogens (primary N) is 1. The van der Waals surface area contributed by atoms with Gasteiger partial charge in [-0.05, 0) is 30.2 Å². The van der Waals surface area contributed by atoms with Crippen LogP contribution in [-0.4, -0.2) is 41.2 Å². The summed E-state index contributed by atoms with van der Waals surface area (Å²) < 4.78 is 28.6. The largest absolute Gasteiger partial charge is 0.433 e. The van der Waals surface area contributed by atoms with E-state index in [2.05, 4.69) is 14.7 Å². The number of aliphatic imine (C=N–C) groups is 1. The van der Waals surface area contributed by atoms with Crippen LogP contribution < -0.4 is 10.5 Å². The molecular weight excluding hydrogens is 382 g/mol. The van der Waals surface area contributed by atoms with Crippen LogP contribution in [-0.2, 0) is 16.8 Å². The number of hydrogen-bond acceptors (Lipinski definition) is 6. The van der Waals surface area contributed by atoms with Gasteiger partial charge in [-0.15, -0.1) is 0 Å². The zero-order valence-electron chi connectivity index (χ0n) is 15.9. The van der Waals surface area contributed by atoms with Gasteiger partial charge in [0.05, 0.1) is 18.2 Å². The number of nitrogens with zero attached hydrogens (tertiary/aromatic N) is 3. The fraction of sp³-hybridized carbons (Fsp3) is 0.300. The molecule has 1 aromatic heterocycles. The van der Waals surface area contributed by atoms with Crippen LogP contribution in [0.5, 0.6) is 5.75 Å². The van der Waals surface area contributed by atoms with E-state index in [0.29, 0.717) is 5.56 Å². The van der Waals surface area contributed by atoms with Crippen LogP contribution in [0.25, 0.3) is 0 Å². The van der Waals surface area contributed by atoms with Crippen LogP contribution >= 0.6 is 0 Å². The van der Waals surface area contributed by atoms with Crippen molar-refractivity contribution in [1.82, 2.24) is 9.88 Å². The lowest BCUT2D eigenvalue weighted by atomic mass is 9.86. The van der Waals surface area contributed by atoms with E-state index in [1.54, 1.807) is 19.2 Å². The highest BCUT2D eigenvalue weighted by atomic mass is 19.3. The smallest absolute Gasteiger partial charge is 0.387 e. The summed E-state index contributed by atoms with van der Waals surface area (Å²) in [5.41, 5.74) is 6.65. The topological polar surface area (TPSA) is 97.9 Å². The Balaban J connectivity index is 1.78. The van der Waals surface area contributed by atoms with Crippen molar-refractivity contribution < 1.29 is 23.1 Å². The maximum Gasteiger partial charge on any atom is 0.387 e. The Hall–Kier alpha value is -3.36. The van der Waals surface area contributed by atoms with Crippen LogP contribution in [0.15, 0.2) is 47.6 Å². The highest BCUT2D eigenvalue weighted by Crippen LogP contribution is 2.33. The molecule has 2 heterocycles. The van der Waals surface area contributed by atoms with Crippen LogP contribution in [0.2, 0.25) is 0 Å². The Kier molecular flexibility index (Phi) is 5.58. The van der Waals surface area contributed by atoms with Gasteiger partial charge in [-0.3, -0.25) is 14.5 Å². The molecule has 1 aromatic carbocycles. The van der Waals surface area contributed by atoms with Gasteiger partial charge in [0.25, 0.3) is 0 Å². The molecule has 9 heteroatoms. The Morgan fingerprint density at radius 1 is 1.34 bits per heavy atom. The highest BCUT2D eigenvalue weighted by Gasteiger charge is 2.36. The second-order valence-electron chi connectivity index (χ2n) is 6.93. The van der Waals surface area contributed by atoms with E-state index in [0.717, 1.165) is 11.8 Å². The molecule has 1 amide bonds. The summed E-state index contributed by atoms with van der Waals surface area (Å²) in [5.74, 6) is -0.399. The van der Waals surface area contributed by atoms with Crippen LogP contribution in [0.4, 0.5) is 8.78 Å². The molecule has 152 valence electrons. The first-order valence-corrected chi connectivity index (χ1v) is 8.83. The lowest BCUT2D eigenvalue weighted by molar-refractivity contribution is -0.128. The number of benzene rings is 1. The maximum absolute atomic E-state index is 12.5. The van der Waals surface area contributed by atoms with Crippen molar-refractivity contribution in [2.75, 3.05) is 7.05 Å². The van der Waals surface area contributed by atoms with Gasteiger partial charge in [0.1, 0.15) is 11.4 Å². The van der Waals surface area contributed by atoms with Gasteiger partial charge in [-0.2, -0.15) is 8.78 Å². The number of guanidine groups is 1. The van der Waals surface area contributed by atoms with Crippen molar-refractivity contribution in [3.63, 3.8) is 0 Å². The fourth-order valence-corrected chi connectivity index (χ4v) is 3.08. The minimum atomic E-state index is -2.95. The molecule has 0 saturated carbocycles. The molecule has 0 saturated heterocycles. The average molecular weight is 402 g/mol. The number of aromatic nitrogens is 1. The quantitative estimate of drug-likeness (QED) is 0.749. The van der Waals surface area contributed by atoms with Crippen molar-refractivity contribution in [3.05, 3.63) is 59.4 Å². The number of pyridine rings is 1. The standard InChI is InChI=1S/C20H20F2N4O3/c1-20(10-17(28)26(2)19(23)25-20)13-5-3-4-12(8-13)9-16(27)15-7-6-14(11-24-15)29-18(21)22/h3-8,11,18H,9-10H2,1-2H3,(H2,23,25). The Morgan fingerprint density at radius 2 is 2.10 bits per heavy atom. The lowest BCUT2D eigenvalue weighted by Gasteiger charge is -2.33. The van der Waals surface area contributed by atoms with Crippen LogP contribution in [0.1, 0.15) is 35.0 Å². The molecule has 7 nitrogen and oxygen atoms in total. The number of rotatable bonds is 6. The molecule has 2 aromatic rings. The molecule has 1 aliphatic heterocycles. The third-order valence-electron chi connectivity index (χ3n) is 4.74. The summed E-state index contributed by atoms with van der Waals surface area (Å²) in [6, 6.07) is 9.81. The second-order valence-corrected chi connectivity index (χ2v) is 6.93. The number of ketones is 1. The van der Waals surface area contributed by atoms with E-state index in [1.165, 1.54) is 17.0 Å².